The molecule has 2 heterocycles. The number of amides is 1. The van der Waals surface area contributed by atoms with E-state index >= 15 is 0 Å². The number of ether oxygens (including phenoxy) is 3. The van der Waals surface area contributed by atoms with Crippen LogP contribution in [0.2, 0.25) is 0 Å². The highest BCUT2D eigenvalue weighted by atomic mass is 16.6. The number of rotatable bonds is 5. The lowest BCUT2D eigenvalue weighted by Gasteiger charge is -2.40. The van der Waals surface area contributed by atoms with E-state index in [1.807, 2.05) is 100 Å². The minimum absolute atomic E-state index is 0.434. The SMILES string of the molecule is CCN(CC)c1ccc(C)c(N(C(=O)OC(C)(C)C)c2cccc3c2C2(OC(=O)c4ccccc42)c2ccccc2O3)c1. The standard InChI is InChI=1S/C36H36N2O5/c1-7-37(8-2)24-21-20-23(3)29(22-24)38(34(40)43-35(4,5)6)28-17-13-19-31-32(28)36(27-16-11-12-18-30(27)41-31)26-15-10-9-14-25(26)33(39)42-36/h9-22H,7-8H2,1-6H3. The highest BCUT2D eigenvalue weighted by Gasteiger charge is 2.55. The number of carbonyl (C=O) groups excluding carboxylic acids is 2. The third-order valence-electron chi connectivity index (χ3n) is 7.99. The van der Waals surface area contributed by atoms with Crippen molar-refractivity contribution >= 4 is 29.1 Å². The molecule has 43 heavy (non-hydrogen) atoms. The summed E-state index contributed by atoms with van der Waals surface area (Å²) in [5, 5.41) is 0. The maximum atomic E-state index is 14.3. The van der Waals surface area contributed by atoms with E-state index in [2.05, 4.69) is 24.8 Å². The first-order valence-electron chi connectivity index (χ1n) is 14.7. The summed E-state index contributed by atoms with van der Waals surface area (Å²) in [7, 11) is 0. The van der Waals surface area contributed by atoms with Crippen LogP contribution < -0.4 is 14.5 Å². The fraction of sp³-hybridized carbons (Fsp3) is 0.278. The molecule has 0 saturated heterocycles. The third kappa shape index (κ3) is 4.60. The molecular formula is C36H36N2O5. The minimum atomic E-state index is -1.35. The van der Waals surface area contributed by atoms with Crippen molar-refractivity contribution in [2.24, 2.45) is 0 Å². The molecular weight excluding hydrogens is 540 g/mol. The third-order valence-corrected chi connectivity index (χ3v) is 7.99. The summed E-state index contributed by atoms with van der Waals surface area (Å²) >= 11 is 0. The fourth-order valence-corrected chi connectivity index (χ4v) is 6.11. The predicted octanol–water partition coefficient (Wildman–Crippen LogP) is 8.48. The second kappa shape index (κ2) is 10.5. The number of hydrogen-bond acceptors (Lipinski definition) is 6. The Kier molecular flexibility index (Phi) is 6.92. The Morgan fingerprint density at radius 2 is 1.51 bits per heavy atom. The van der Waals surface area contributed by atoms with Gasteiger partial charge in [-0.15, -0.1) is 0 Å². The van der Waals surface area contributed by atoms with E-state index in [0.29, 0.717) is 45.1 Å². The van der Waals surface area contributed by atoms with E-state index in [-0.39, 0.29) is 0 Å². The van der Waals surface area contributed by atoms with Gasteiger partial charge >= 0.3 is 12.1 Å². The van der Waals surface area contributed by atoms with Gasteiger partial charge in [0.25, 0.3) is 0 Å². The summed E-state index contributed by atoms with van der Waals surface area (Å²) in [6.07, 6.45) is -0.549. The summed E-state index contributed by atoms with van der Waals surface area (Å²) in [5.41, 5.74) is 3.35. The van der Waals surface area contributed by atoms with E-state index in [4.69, 9.17) is 14.2 Å². The molecule has 1 spiro atoms. The highest BCUT2D eigenvalue weighted by molar-refractivity contribution is 6.02. The molecule has 0 fully saturated rings. The van der Waals surface area contributed by atoms with Gasteiger partial charge in [0.2, 0.25) is 0 Å². The van der Waals surface area contributed by atoms with E-state index in [1.54, 1.807) is 11.0 Å². The van der Waals surface area contributed by atoms with E-state index < -0.39 is 23.3 Å². The van der Waals surface area contributed by atoms with Crippen LogP contribution in [0.1, 0.15) is 67.2 Å². The first-order chi connectivity index (χ1) is 20.6. The molecule has 4 aromatic rings. The van der Waals surface area contributed by atoms with Crippen molar-refractivity contribution in [1.82, 2.24) is 0 Å². The van der Waals surface area contributed by atoms with Gasteiger partial charge in [0.1, 0.15) is 17.1 Å². The fourth-order valence-electron chi connectivity index (χ4n) is 6.11. The quantitative estimate of drug-likeness (QED) is 0.222. The van der Waals surface area contributed by atoms with Crippen molar-refractivity contribution in [2.75, 3.05) is 22.9 Å². The molecule has 0 N–H and O–H groups in total. The minimum Gasteiger partial charge on any atom is -0.456 e. The first-order valence-corrected chi connectivity index (χ1v) is 14.7. The second-order valence-corrected chi connectivity index (χ2v) is 11.8. The van der Waals surface area contributed by atoms with Crippen LogP contribution >= 0.6 is 0 Å². The van der Waals surface area contributed by atoms with Crippen molar-refractivity contribution in [2.45, 2.75) is 52.7 Å². The van der Waals surface area contributed by atoms with Gasteiger partial charge in [-0.1, -0.05) is 48.5 Å². The van der Waals surface area contributed by atoms with Crippen molar-refractivity contribution in [3.8, 4) is 11.5 Å². The lowest BCUT2D eigenvalue weighted by atomic mass is 9.76. The summed E-state index contributed by atoms with van der Waals surface area (Å²) in [5.74, 6) is 0.642. The molecule has 1 atom stereocenters. The highest BCUT2D eigenvalue weighted by Crippen LogP contribution is 2.59. The molecule has 7 heteroatoms. The lowest BCUT2D eigenvalue weighted by Crippen LogP contribution is -2.39. The molecule has 0 saturated carbocycles. The van der Waals surface area contributed by atoms with Gasteiger partial charge in [0.15, 0.2) is 5.60 Å². The van der Waals surface area contributed by atoms with Crippen LogP contribution in [0.15, 0.2) is 84.9 Å². The van der Waals surface area contributed by atoms with Crippen LogP contribution in [-0.2, 0) is 15.1 Å². The summed E-state index contributed by atoms with van der Waals surface area (Å²) in [6.45, 7) is 13.3. The zero-order valence-corrected chi connectivity index (χ0v) is 25.4. The number of aryl methyl sites for hydroxylation is 1. The van der Waals surface area contributed by atoms with Crippen LogP contribution in [-0.4, -0.2) is 30.8 Å². The van der Waals surface area contributed by atoms with Gasteiger partial charge in [-0.05, 0) is 83.5 Å². The Morgan fingerprint density at radius 3 is 2.23 bits per heavy atom. The van der Waals surface area contributed by atoms with Gasteiger partial charge in [-0.25, -0.2) is 14.5 Å². The summed E-state index contributed by atoms with van der Waals surface area (Å²) < 4.78 is 19.0. The number of benzene rings is 4. The van der Waals surface area contributed by atoms with Crippen LogP contribution in [0.3, 0.4) is 0 Å². The molecule has 220 valence electrons. The van der Waals surface area contributed by atoms with Crippen LogP contribution in [0, 0.1) is 6.92 Å². The van der Waals surface area contributed by atoms with Crippen molar-refractivity contribution in [1.29, 1.82) is 0 Å². The topological polar surface area (TPSA) is 68.3 Å². The van der Waals surface area contributed by atoms with Crippen LogP contribution in [0.5, 0.6) is 11.5 Å². The first kappa shape index (κ1) is 28.3. The lowest BCUT2D eigenvalue weighted by molar-refractivity contribution is 0.0226. The average Bonchev–Trinajstić information content (AvgIpc) is 3.27. The molecule has 0 aliphatic carbocycles. The molecule has 0 aromatic heterocycles. The molecule has 2 aliphatic heterocycles. The number of anilines is 3. The Labute approximate surface area is 252 Å². The van der Waals surface area contributed by atoms with Gasteiger partial charge < -0.3 is 19.1 Å². The monoisotopic (exact) mass is 576 g/mol. The number of esters is 1. The molecule has 6 rings (SSSR count). The molecule has 1 amide bonds. The van der Waals surface area contributed by atoms with Gasteiger partial charge in [-0.3, -0.25) is 0 Å². The zero-order valence-electron chi connectivity index (χ0n) is 25.4. The van der Waals surface area contributed by atoms with Crippen LogP contribution in [0.25, 0.3) is 0 Å². The molecule has 7 nitrogen and oxygen atoms in total. The van der Waals surface area contributed by atoms with Gasteiger partial charge in [-0.2, -0.15) is 0 Å². The second-order valence-electron chi connectivity index (χ2n) is 11.8. The largest absolute Gasteiger partial charge is 0.456 e. The van der Waals surface area contributed by atoms with Crippen molar-refractivity contribution in [3.05, 3.63) is 113 Å². The number of para-hydroxylation sites is 1. The molecule has 1 unspecified atom stereocenters. The Hall–Kier alpha value is -4.78. The summed E-state index contributed by atoms with van der Waals surface area (Å²) in [6, 6.07) is 26.6. The van der Waals surface area contributed by atoms with E-state index in [0.717, 1.165) is 24.3 Å². The molecule has 0 radical (unpaired) electrons. The maximum Gasteiger partial charge on any atom is 0.419 e. The van der Waals surface area contributed by atoms with E-state index in [9.17, 15) is 9.59 Å². The number of hydrogen-bond donors (Lipinski definition) is 0. The predicted molar refractivity (Wildman–Crippen MR) is 168 cm³/mol. The van der Waals surface area contributed by atoms with E-state index in [1.165, 1.54) is 0 Å². The Morgan fingerprint density at radius 1 is 0.837 bits per heavy atom. The molecule has 4 aromatic carbocycles. The summed E-state index contributed by atoms with van der Waals surface area (Å²) in [4.78, 5) is 31.6. The Balaban J connectivity index is 1.67. The van der Waals surface area contributed by atoms with Crippen molar-refractivity contribution < 1.29 is 23.8 Å². The van der Waals surface area contributed by atoms with Crippen LogP contribution in [0.4, 0.5) is 21.9 Å². The number of fused-ring (bicyclic) bond motifs is 6. The van der Waals surface area contributed by atoms with Crippen molar-refractivity contribution in [3.63, 3.8) is 0 Å². The maximum absolute atomic E-state index is 14.3. The molecule has 2 aliphatic rings. The number of nitrogens with zero attached hydrogens (tertiary/aromatic N) is 2. The van der Waals surface area contributed by atoms with Gasteiger partial charge in [0, 0.05) is 29.9 Å². The molecule has 0 bridgehead atoms. The zero-order chi connectivity index (χ0) is 30.5. The Bertz CT molecular complexity index is 1740. The normalized spacial score (nSPS) is 16.5. The average molecular weight is 577 g/mol. The smallest absolute Gasteiger partial charge is 0.419 e. The van der Waals surface area contributed by atoms with Gasteiger partial charge in [0.05, 0.1) is 22.5 Å². The number of carbonyl (C=O) groups is 2.